The summed E-state index contributed by atoms with van der Waals surface area (Å²) in [6.07, 6.45) is 2.06. The maximum Gasteiger partial charge on any atom is 0.288 e. The Morgan fingerprint density at radius 3 is 2.89 bits per heavy atom. The zero-order valence-electron chi connectivity index (χ0n) is 10.1. The third kappa shape index (κ3) is 2.72. The Morgan fingerprint density at radius 2 is 2.26 bits per heavy atom. The van der Waals surface area contributed by atoms with Gasteiger partial charge in [-0.25, -0.2) is 4.68 Å². The van der Waals surface area contributed by atoms with Crippen LogP contribution < -0.4 is 0 Å². The van der Waals surface area contributed by atoms with E-state index in [4.69, 9.17) is 16.7 Å². The van der Waals surface area contributed by atoms with E-state index in [1.54, 1.807) is 13.1 Å². The Morgan fingerprint density at radius 1 is 1.53 bits per heavy atom. The minimum absolute atomic E-state index is 0.0152. The van der Waals surface area contributed by atoms with E-state index in [9.17, 15) is 10.1 Å². The summed E-state index contributed by atoms with van der Waals surface area (Å²) in [5.41, 5.74) is 1.78. The molecular weight excluding hydrogens is 272 g/mol. The molecule has 0 bridgehead atoms. The number of hydrogen-bond donors (Lipinski definition) is 1. The predicted octanol–water partition coefficient (Wildman–Crippen LogP) is 1.67. The van der Waals surface area contributed by atoms with E-state index in [-0.39, 0.29) is 17.3 Å². The van der Waals surface area contributed by atoms with Crippen molar-refractivity contribution in [2.75, 3.05) is 6.61 Å². The molecule has 0 aliphatic rings. The highest BCUT2D eigenvalue weighted by molar-refractivity contribution is 6.32. The number of aryl methyl sites for hydroxylation is 1. The molecule has 0 atom stereocenters. The van der Waals surface area contributed by atoms with Crippen molar-refractivity contribution in [3.8, 4) is 5.69 Å². The smallest absolute Gasteiger partial charge is 0.288 e. The second kappa shape index (κ2) is 5.33. The fourth-order valence-electron chi connectivity index (χ4n) is 1.69. The highest BCUT2D eigenvalue weighted by atomic mass is 35.5. The first-order valence-electron chi connectivity index (χ1n) is 5.50. The minimum atomic E-state index is -0.530. The molecule has 2 rings (SSSR count). The van der Waals surface area contributed by atoms with Gasteiger partial charge in [-0.05, 0) is 18.6 Å². The molecule has 8 heteroatoms. The van der Waals surface area contributed by atoms with Crippen molar-refractivity contribution in [2.24, 2.45) is 0 Å². The number of nitro groups is 1. The number of nitrogens with zero attached hydrogens (tertiary/aromatic N) is 4. The fraction of sp³-hybridized carbons (Fsp3) is 0.273. The third-order valence-corrected chi connectivity index (χ3v) is 2.92. The van der Waals surface area contributed by atoms with Crippen LogP contribution in [0.15, 0.2) is 18.3 Å². The Labute approximate surface area is 113 Å². The zero-order valence-corrected chi connectivity index (χ0v) is 10.8. The Bertz CT molecular complexity index is 626. The molecule has 1 heterocycles. The van der Waals surface area contributed by atoms with Crippen LogP contribution in [0.1, 0.15) is 11.3 Å². The number of halogens is 1. The van der Waals surface area contributed by atoms with Crippen molar-refractivity contribution in [2.45, 2.75) is 13.3 Å². The molecule has 0 aliphatic carbocycles. The maximum atomic E-state index is 10.8. The van der Waals surface area contributed by atoms with E-state index in [1.165, 1.54) is 16.8 Å². The molecule has 0 spiro atoms. The van der Waals surface area contributed by atoms with Crippen LogP contribution in [-0.2, 0) is 6.42 Å². The summed E-state index contributed by atoms with van der Waals surface area (Å²) in [4.78, 5) is 10.2. The van der Waals surface area contributed by atoms with Gasteiger partial charge in [0.2, 0.25) is 0 Å². The summed E-state index contributed by atoms with van der Waals surface area (Å²) >= 11 is 5.87. The van der Waals surface area contributed by atoms with Gasteiger partial charge in [0.15, 0.2) is 0 Å². The molecule has 0 aliphatic heterocycles. The molecule has 0 saturated heterocycles. The van der Waals surface area contributed by atoms with Gasteiger partial charge in [0.25, 0.3) is 5.69 Å². The first-order chi connectivity index (χ1) is 9.02. The lowest BCUT2D eigenvalue weighted by atomic mass is 10.2. The first-order valence-corrected chi connectivity index (χ1v) is 5.87. The van der Waals surface area contributed by atoms with Crippen LogP contribution in [0.4, 0.5) is 5.69 Å². The second-order valence-corrected chi connectivity index (χ2v) is 4.38. The molecular formula is C11H11ClN4O3. The molecule has 0 fully saturated rings. The predicted molar refractivity (Wildman–Crippen MR) is 68.6 cm³/mol. The fourth-order valence-corrected chi connectivity index (χ4v) is 1.91. The first kappa shape index (κ1) is 13.4. The van der Waals surface area contributed by atoms with Gasteiger partial charge in [-0.2, -0.15) is 0 Å². The normalized spacial score (nSPS) is 10.7. The van der Waals surface area contributed by atoms with Gasteiger partial charge in [0, 0.05) is 19.1 Å². The van der Waals surface area contributed by atoms with Crippen LogP contribution >= 0.6 is 11.6 Å². The summed E-state index contributed by atoms with van der Waals surface area (Å²) in [5, 5.41) is 27.4. The molecule has 0 unspecified atom stereocenters. The quantitative estimate of drug-likeness (QED) is 0.680. The number of benzene rings is 1. The summed E-state index contributed by atoms with van der Waals surface area (Å²) in [7, 11) is 0. The van der Waals surface area contributed by atoms with Gasteiger partial charge in [0.1, 0.15) is 5.02 Å². The second-order valence-electron chi connectivity index (χ2n) is 3.98. The molecule has 100 valence electrons. The van der Waals surface area contributed by atoms with Crippen molar-refractivity contribution in [3.05, 3.63) is 44.7 Å². The van der Waals surface area contributed by atoms with Crippen LogP contribution in [0.25, 0.3) is 5.69 Å². The van der Waals surface area contributed by atoms with Crippen LogP contribution in [-0.4, -0.2) is 31.6 Å². The van der Waals surface area contributed by atoms with E-state index < -0.39 is 4.92 Å². The highest BCUT2D eigenvalue weighted by Gasteiger charge is 2.16. The average Bonchev–Trinajstić information content (AvgIpc) is 2.80. The molecule has 1 aromatic carbocycles. The highest BCUT2D eigenvalue weighted by Crippen LogP contribution is 2.29. The van der Waals surface area contributed by atoms with E-state index >= 15 is 0 Å². The molecule has 2 aromatic rings. The SMILES string of the molecule is Cc1cc([N+](=O)[O-])c(Cl)cc1-n1cc(CCO)nn1. The lowest BCUT2D eigenvalue weighted by Crippen LogP contribution is -2.00. The van der Waals surface area contributed by atoms with Gasteiger partial charge in [0.05, 0.1) is 22.5 Å². The average molecular weight is 283 g/mol. The third-order valence-electron chi connectivity index (χ3n) is 2.62. The van der Waals surface area contributed by atoms with Crippen molar-refractivity contribution < 1.29 is 10.0 Å². The van der Waals surface area contributed by atoms with Crippen molar-refractivity contribution in [1.29, 1.82) is 0 Å². The van der Waals surface area contributed by atoms with Crippen LogP contribution in [0.5, 0.6) is 0 Å². The molecule has 1 N–H and O–H groups in total. The van der Waals surface area contributed by atoms with Gasteiger partial charge in [-0.15, -0.1) is 5.10 Å². The minimum Gasteiger partial charge on any atom is -0.396 e. The molecule has 1 aromatic heterocycles. The summed E-state index contributed by atoms with van der Waals surface area (Å²) in [6.45, 7) is 1.71. The van der Waals surface area contributed by atoms with Crippen LogP contribution in [0.3, 0.4) is 0 Å². The lowest BCUT2D eigenvalue weighted by molar-refractivity contribution is -0.384. The molecule has 19 heavy (non-hydrogen) atoms. The van der Waals surface area contributed by atoms with Gasteiger partial charge in [-0.1, -0.05) is 16.8 Å². The monoisotopic (exact) mass is 282 g/mol. The van der Waals surface area contributed by atoms with Crippen molar-refractivity contribution >= 4 is 17.3 Å². The van der Waals surface area contributed by atoms with E-state index in [0.29, 0.717) is 23.4 Å². The standard InChI is InChI=1S/C11H11ClN4O3/c1-7-4-11(16(18)19)9(12)5-10(7)15-6-8(2-3-17)13-14-15/h4-6,17H,2-3H2,1H3. The number of nitro benzene ring substituents is 1. The number of hydrogen-bond acceptors (Lipinski definition) is 5. The number of aliphatic hydroxyl groups excluding tert-OH is 1. The molecule has 0 saturated carbocycles. The number of aliphatic hydroxyl groups is 1. The Kier molecular flexibility index (Phi) is 3.77. The van der Waals surface area contributed by atoms with Gasteiger partial charge < -0.3 is 5.11 Å². The van der Waals surface area contributed by atoms with Crippen molar-refractivity contribution in [1.82, 2.24) is 15.0 Å². The van der Waals surface area contributed by atoms with Gasteiger partial charge in [-0.3, -0.25) is 10.1 Å². The lowest BCUT2D eigenvalue weighted by Gasteiger charge is -2.05. The topological polar surface area (TPSA) is 94.1 Å². The van der Waals surface area contributed by atoms with E-state index in [1.807, 2.05) is 0 Å². The number of rotatable bonds is 4. The Balaban J connectivity index is 2.44. The number of aromatic nitrogens is 3. The molecule has 0 amide bonds. The van der Waals surface area contributed by atoms with Crippen molar-refractivity contribution in [3.63, 3.8) is 0 Å². The van der Waals surface area contributed by atoms with Crippen LogP contribution in [0, 0.1) is 17.0 Å². The maximum absolute atomic E-state index is 10.8. The van der Waals surface area contributed by atoms with E-state index in [0.717, 1.165) is 0 Å². The summed E-state index contributed by atoms with van der Waals surface area (Å²) in [6, 6.07) is 2.87. The Hall–Kier alpha value is -1.99. The molecule has 7 nitrogen and oxygen atoms in total. The summed E-state index contributed by atoms with van der Waals surface area (Å²) in [5.74, 6) is 0. The van der Waals surface area contributed by atoms with E-state index in [2.05, 4.69) is 10.3 Å². The van der Waals surface area contributed by atoms with Gasteiger partial charge >= 0.3 is 0 Å². The molecule has 0 radical (unpaired) electrons. The largest absolute Gasteiger partial charge is 0.396 e. The summed E-state index contributed by atoms with van der Waals surface area (Å²) < 4.78 is 1.48. The zero-order chi connectivity index (χ0) is 14.0. The van der Waals surface area contributed by atoms with Crippen LogP contribution in [0.2, 0.25) is 5.02 Å².